The van der Waals surface area contributed by atoms with Crippen molar-refractivity contribution in [3.05, 3.63) is 33.9 Å². The van der Waals surface area contributed by atoms with E-state index in [2.05, 4.69) is 16.0 Å². The number of rotatable bonds is 3. The summed E-state index contributed by atoms with van der Waals surface area (Å²) in [4.78, 5) is 33.4. The number of anilines is 1. The molecule has 0 saturated carbocycles. The number of nitrogens with one attached hydrogen (secondary N) is 3. The lowest BCUT2D eigenvalue weighted by Gasteiger charge is -2.23. The maximum absolute atomic E-state index is 12.0. The highest BCUT2D eigenvalue weighted by atomic mass is 16.6. The minimum atomic E-state index is -0.604. The van der Waals surface area contributed by atoms with E-state index in [-0.39, 0.29) is 30.4 Å². The third-order valence-electron chi connectivity index (χ3n) is 2.94. The standard InChI is InChI=1S/C12H14N4O4/c1-7-2-3-10(16(19)20)8(4-7)15-12(18)9-5-14-11(17)6-13-9/h2-4,9,13H,5-6H2,1H3,(H,14,17)(H,15,18). The van der Waals surface area contributed by atoms with Gasteiger partial charge in [0.1, 0.15) is 11.7 Å². The summed E-state index contributed by atoms with van der Waals surface area (Å²) in [6.07, 6.45) is 0. The molecule has 3 N–H and O–H groups in total. The van der Waals surface area contributed by atoms with Crippen molar-refractivity contribution < 1.29 is 14.5 Å². The molecule has 8 nitrogen and oxygen atoms in total. The Morgan fingerprint density at radius 1 is 1.50 bits per heavy atom. The van der Waals surface area contributed by atoms with Crippen molar-refractivity contribution in [2.24, 2.45) is 0 Å². The molecule has 20 heavy (non-hydrogen) atoms. The highest BCUT2D eigenvalue weighted by Gasteiger charge is 2.25. The Labute approximate surface area is 114 Å². The number of piperazine rings is 1. The van der Waals surface area contributed by atoms with Gasteiger partial charge in [0, 0.05) is 12.6 Å². The number of hydrogen-bond acceptors (Lipinski definition) is 5. The Bertz CT molecular complexity index is 563. The van der Waals surface area contributed by atoms with Crippen molar-refractivity contribution in [3.8, 4) is 0 Å². The average Bonchev–Trinajstić information content (AvgIpc) is 2.39. The van der Waals surface area contributed by atoms with Gasteiger partial charge in [0.05, 0.1) is 11.5 Å². The first-order valence-corrected chi connectivity index (χ1v) is 6.03. The Kier molecular flexibility index (Phi) is 3.94. The molecule has 0 bridgehead atoms. The molecule has 1 atom stereocenters. The van der Waals surface area contributed by atoms with Crippen molar-refractivity contribution in [3.63, 3.8) is 0 Å². The van der Waals surface area contributed by atoms with Crippen molar-refractivity contribution in [1.29, 1.82) is 0 Å². The van der Waals surface area contributed by atoms with Crippen LogP contribution in [0.2, 0.25) is 0 Å². The van der Waals surface area contributed by atoms with Crippen LogP contribution in [-0.4, -0.2) is 35.9 Å². The van der Waals surface area contributed by atoms with E-state index >= 15 is 0 Å². The predicted octanol–water partition coefficient (Wildman–Crippen LogP) is -0.0703. The number of amides is 2. The SMILES string of the molecule is Cc1ccc([N+](=O)[O-])c(NC(=O)C2CNC(=O)CN2)c1. The normalized spacial score (nSPS) is 18.2. The zero-order chi connectivity index (χ0) is 14.7. The van der Waals surface area contributed by atoms with E-state index in [4.69, 9.17) is 0 Å². The number of carbonyl (C=O) groups is 2. The molecule has 1 saturated heterocycles. The number of hydrogen-bond donors (Lipinski definition) is 3. The van der Waals surface area contributed by atoms with Gasteiger partial charge >= 0.3 is 0 Å². The van der Waals surface area contributed by atoms with E-state index in [0.717, 1.165) is 5.56 Å². The highest BCUT2D eigenvalue weighted by molar-refractivity contribution is 5.98. The molecule has 0 spiro atoms. The molecule has 0 radical (unpaired) electrons. The number of benzene rings is 1. The van der Waals surface area contributed by atoms with Crippen LogP contribution in [0.4, 0.5) is 11.4 Å². The van der Waals surface area contributed by atoms with E-state index in [1.165, 1.54) is 12.1 Å². The molecule has 0 aliphatic carbocycles. The van der Waals surface area contributed by atoms with Gasteiger partial charge in [-0.25, -0.2) is 0 Å². The Balaban J connectivity index is 2.13. The molecule has 1 aliphatic rings. The second-order valence-corrected chi connectivity index (χ2v) is 4.50. The molecule has 0 aromatic heterocycles. The summed E-state index contributed by atoms with van der Waals surface area (Å²) in [5.74, 6) is -0.603. The van der Waals surface area contributed by atoms with Crippen LogP contribution in [0.15, 0.2) is 18.2 Å². The van der Waals surface area contributed by atoms with Crippen molar-refractivity contribution in [1.82, 2.24) is 10.6 Å². The molecule has 1 fully saturated rings. The third-order valence-corrected chi connectivity index (χ3v) is 2.94. The van der Waals surface area contributed by atoms with Gasteiger partial charge in [-0.05, 0) is 18.6 Å². The van der Waals surface area contributed by atoms with Gasteiger partial charge in [0.2, 0.25) is 11.8 Å². The zero-order valence-electron chi connectivity index (χ0n) is 10.8. The van der Waals surface area contributed by atoms with E-state index in [1.54, 1.807) is 13.0 Å². The third kappa shape index (κ3) is 3.09. The summed E-state index contributed by atoms with van der Waals surface area (Å²) in [7, 11) is 0. The van der Waals surface area contributed by atoms with Gasteiger partial charge < -0.3 is 10.6 Å². The minimum Gasteiger partial charge on any atom is -0.353 e. The number of nitro groups is 1. The summed E-state index contributed by atoms with van der Waals surface area (Å²) < 4.78 is 0. The molecule has 2 amide bonds. The predicted molar refractivity (Wildman–Crippen MR) is 71.3 cm³/mol. The molecule has 1 aromatic rings. The van der Waals surface area contributed by atoms with Gasteiger partial charge in [-0.3, -0.25) is 25.0 Å². The monoisotopic (exact) mass is 278 g/mol. The second kappa shape index (κ2) is 5.66. The first kappa shape index (κ1) is 13.9. The topological polar surface area (TPSA) is 113 Å². The molecule has 1 aliphatic heterocycles. The van der Waals surface area contributed by atoms with Crippen LogP contribution in [0.3, 0.4) is 0 Å². The smallest absolute Gasteiger partial charge is 0.292 e. The van der Waals surface area contributed by atoms with Crippen LogP contribution in [0.1, 0.15) is 5.56 Å². The Morgan fingerprint density at radius 2 is 2.25 bits per heavy atom. The lowest BCUT2D eigenvalue weighted by molar-refractivity contribution is -0.383. The maximum Gasteiger partial charge on any atom is 0.292 e. The van der Waals surface area contributed by atoms with Crippen LogP contribution in [0.25, 0.3) is 0 Å². The molecule has 106 valence electrons. The van der Waals surface area contributed by atoms with Gasteiger partial charge in [0.25, 0.3) is 5.69 Å². The van der Waals surface area contributed by atoms with Crippen LogP contribution in [-0.2, 0) is 9.59 Å². The van der Waals surface area contributed by atoms with E-state index in [9.17, 15) is 19.7 Å². The molecule has 1 heterocycles. The fraction of sp³-hybridized carbons (Fsp3) is 0.333. The van der Waals surface area contributed by atoms with E-state index < -0.39 is 16.9 Å². The Morgan fingerprint density at radius 3 is 2.85 bits per heavy atom. The number of aryl methyl sites for hydroxylation is 1. The molecular weight excluding hydrogens is 264 g/mol. The summed E-state index contributed by atoms with van der Waals surface area (Å²) in [6.45, 7) is 1.98. The summed E-state index contributed by atoms with van der Waals surface area (Å²) >= 11 is 0. The molecule has 1 aromatic carbocycles. The van der Waals surface area contributed by atoms with Crippen LogP contribution < -0.4 is 16.0 Å². The second-order valence-electron chi connectivity index (χ2n) is 4.50. The fourth-order valence-corrected chi connectivity index (χ4v) is 1.88. The van der Waals surface area contributed by atoms with Crippen LogP contribution in [0, 0.1) is 17.0 Å². The van der Waals surface area contributed by atoms with Crippen LogP contribution >= 0.6 is 0 Å². The van der Waals surface area contributed by atoms with Gasteiger partial charge in [-0.2, -0.15) is 0 Å². The summed E-state index contributed by atoms with van der Waals surface area (Å²) in [5.41, 5.74) is 0.790. The quantitative estimate of drug-likeness (QED) is 0.529. The maximum atomic E-state index is 12.0. The first-order valence-electron chi connectivity index (χ1n) is 6.03. The fourth-order valence-electron chi connectivity index (χ4n) is 1.88. The van der Waals surface area contributed by atoms with Gasteiger partial charge in [0.15, 0.2) is 0 Å². The molecule has 2 rings (SSSR count). The number of nitro benzene ring substituents is 1. The van der Waals surface area contributed by atoms with Gasteiger partial charge in [-0.15, -0.1) is 0 Å². The van der Waals surface area contributed by atoms with E-state index in [1.807, 2.05) is 0 Å². The largest absolute Gasteiger partial charge is 0.353 e. The number of carbonyl (C=O) groups excluding carboxylic acids is 2. The summed E-state index contributed by atoms with van der Waals surface area (Å²) in [5, 5.41) is 18.7. The van der Waals surface area contributed by atoms with Crippen molar-refractivity contribution in [2.45, 2.75) is 13.0 Å². The van der Waals surface area contributed by atoms with Gasteiger partial charge in [-0.1, -0.05) is 6.07 Å². The lowest BCUT2D eigenvalue weighted by atomic mass is 10.1. The zero-order valence-corrected chi connectivity index (χ0v) is 10.8. The van der Waals surface area contributed by atoms with E-state index in [0.29, 0.717) is 0 Å². The molecular formula is C12H14N4O4. The van der Waals surface area contributed by atoms with Crippen molar-refractivity contribution >= 4 is 23.2 Å². The number of nitrogens with zero attached hydrogens (tertiary/aromatic N) is 1. The van der Waals surface area contributed by atoms with Crippen molar-refractivity contribution in [2.75, 3.05) is 18.4 Å². The molecule has 8 heteroatoms. The lowest BCUT2D eigenvalue weighted by Crippen LogP contribution is -2.56. The highest BCUT2D eigenvalue weighted by Crippen LogP contribution is 2.25. The average molecular weight is 278 g/mol. The minimum absolute atomic E-state index is 0.0496. The summed E-state index contributed by atoms with van der Waals surface area (Å²) in [6, 6.07) is 3.89. The Hall–Kier alpha value is -2.48. The first-order chi connectivity index (χ1) is 9.47. The molecule has 1 unspecified atom stereocenters. The van der Waals surface area contributed by atoms with Crippen LogP contribution in [0.5, 0.6) is 0 Å².